The molecule has 1 atom stereocenters. The Kier molecular flexibility index (Phi) is 8.33. The summed E-state index contributed by atoms with van der Waals surface area (Å²) in [6, 6.07) is 0. The number of halogens is 3. The molecule has 0 aromatic heterocycles. The van der Waals surface area contributed by atoms with E-state index in [1.54, 1.807) is 0 Å². The number of carbonyl (C=O) groups is 1. The molecule has 0 saturated carbocycles. The molecule has 1 amide bonds. The predicted octanol–water partition coefficient (Wildman–Crippen LogP) is 1.84. The molecular weight excluding hydrogens is 211 g/mol. The molecular formula is C9H18F3NO2. The van der Waals surface area contributed by atoms with Crippen LogP contribution in [0.3, 0.4) is 0 Å². The van der Waals surface area contributed by atoms with Crippen molar-refractivity contribution in [3.63, 3.8) is 0 Å². The molecule has 0 aliphatic rings. The number of hydrogen-bond donors (Lipinski definition) is 2. The number of amides is 1. The van der Waals surface area contributed by atoms with Crippen molar-refractivity contribution in [3.8, 4) is 0 Å². The van der Waals surface area contributed by atoms with Crippen LogP contribution in [0.2, 0.25) is 0 Å². The van der Waals surface area contributed by atoms with Crippen LogP contribution >= 0.6 is 0 Å². The molecule has 92 valence electrons. The van der Waals surface area contributed by atoms with Gasteiger partial charge in [-0.1, -0.05) is 13.8 Å². The molecule has 0 saturated heterocycles. The van der Waals surface area contributed by atoms with Gasteiger partial charge in [0.1, 0.15) is 6.10 Å². The lowest BCUT2D eigenvalue weighted by Gasteiger charge is -2.06. The Morgan fingerprint density at radius 3 is 1.60 bits per heavy atom. The van der Waals surface area contributed by atoms with Gasteiger partial charge in [0.15, 0.2) is 0 Å². The summed E-state index contributed by atoms with van der Waals surface area (Å²) in [5, 5.41) is 7.76. The predicted molar refractivity (Wildman–Crippen MR) is 51.0 cm³/mol. The first-order valence-corrected chi connectivity index (χ1v) is 4.70. The average Bonchev–Trinajstić information content (AvgIpc) is 2.04. The number of rotatable bonds is 3. The Balaban J connectivity index is 0. The number of primary amides is 1. The van der Waals surface area contributed by atoms with E-state index in [-0.39, 0.29) is 11.8 Å². The van der Waals surface area contributed by atoms with Gasteiger partial charge in [0.2, 0.25) is 5.91 Å². The molecule has 0 bridgehead atoms. The first-order valence-electron chi connectivity index (χ1n) is 4.70. The minimum atomic E-state index is -4.44. The maximum Gasteiger partial charge on any atom is 0.414 e. The molecule has 0 heterocycles. The average molecular weight is 229 g/mol. The molecule has 0 aliphatic heterocycles. The lowest BCUT2D eigenvalue weighted by molar-refractivity contribution is -0.197. The van der Waals surface area contributed by atoms with Crippen molar-refractivity contribution < 1.29 is 23.1 Å². The topological polar surface area (TPSA) is 63.3 Å². The summed E-state index contributed by atoms with van der Waals surface area (Å²) < 4.78 is 32.8. The standard InChI is InChI=1S/C6H13NO.C3H5F3O/c1-3-5(4-2)6(7)8;1-2(7)3(4,5)6/h5H,3-4H2,1-2H3,(H2,7,8);2,7H,1H3. The van der Waals surface area contributed by atoms with E-state index >= 15 is 0 Å². The van der Waals surface area contributed by atoms with E-state index in [1.165, 1.54) is 0 Å². The Morgan fingerprint density at radius 2 is 1.60 bits per heavy atom. The molecule has 0 aliphatic carbocycles. The zero-order chi connectivity index (χ0) is 12.6. The van der Waals surface area contributed by atoms with Gasteiger partial charge in [-0.25, -0.2) is 0 Å². The normalized spacial score (nSPS) is 13.1. The lowest BCUT2D eigenvalue weighted by atomic mass is 10.0. The van der Waals surface area contributed by atoms with Gasteiger partial charge in [0.25, 0.3) is 0 Å². The summed E-state index contributed by atoms with van der Waals surface area (Å²) in [5.41, 5.74) is 5.02. The first kappa shape index (κ1) is 16.6. The highest BCUT2D eigenvalue weighted by molar-refractivity contribution is 5.76. The van der Waals surface area contributed by atoms with E-state index in [0.29, 0.717) is 6.92 Å². The van der Waals surface area contributed by atoms with Crippen LogP contribution in [0.4, 0.5) is 13.2 Å². The third kappa shape index (κ3) is 9.52. The molecule has 0 spiro atoms. The number of nitrogens with two attached hydrogens (primary N) is 1. The number of alkyl halides is 3. The first-order chi connectivity index (χ1) is 6.66. The second-order valence-corrected chi connectivity index (χ2v) is 3.13. The van der Waals surface area contributed by atoms with Gasteiger partial charge in [-0.05, 0) is 19.8 Å². The van der Waals surface area contributed by atoms with Crippen molar-refractivity contribution in [2.75, 3.05) is 0 Å². The zero-order valence-electron chi connectivity index (χ0n) is 9.14. The maximum absolute atomic E-state index is 10.9. The van der Waals surface area contributed by atoms with Crippen LogP contribution in [0.1, 0.15) is 33.6 Å². The summed E-state index contributed by atoms with van der Waals surface area (Å²) in [4.78, 5) is 10.4. The molecule has 0 fully saturated rings. The van der Waals surface area contributed by atoms with Crippen LogP contribution in [-0.4, -0.2) is 23.3 Å². The zero-order valence-corrected chi connectivity index (χ0v) is 9.14. The highest BCUT2D eigenvalue weighted by Crippen LogP contribution is 2.18. The van der Waals surface area contributed by atoms with E-state index in [4.69, 9.17) is 10.8 Å². The Bertz CT molecular complexity index is 177. The molecule has 0 aromatic carbocycles. The third-order valence-electron chi connectivity index (χ3n) is 1.86. The van der Waals surface area contributed by atoms with Gasteiger partial charge < -0.3 is 10.8 Å². The molecule has 0 aromatic rings. The summed E-state index contributed by atoms with van der Waals surface area (Å²) in [7, 11) is 0. The van der Waals surface area contributed by atoms with Gasteiger partial charge in [-0.3, -0.25) is 4.79 Å². The number of hydrogen-bond acceptors (Lipinski definition) is 2. The summed E-state index contributed by atoms with van der Waals surface area (Å²) in [6.07, 6.45) is -4.91. The van der Waals surface area contributed by atoms with Crippen LogP contribution in [0.15, 0.2) is 0 Å². The monoisotopic (exact) mass is 229 g/mol. The van der Waals surface area contributed by atoms with Crippen molar-refractivity contribution in [2.45, 2.75) is 45.9 Å². The second-order valence-electron chi connectivity index (χ2n) is 3.13. The number of aliphatic hydroxyl groups excluding tert-OH is 1. The molecule has 6 heteroatoms. The minimum Gasteiger partial charge on any atom is -0.384 e. The maximum atomic E-state index is 10.9. The molecule has 3 nitrogen and oxygen atoms in total. The molecule has 0 rings (SSSR count). The van der Waals surface area contributed by atoms with Crippen molar-refractivity contribution in [2.24, 2.45) is 11.7 Å². The van der Waals surface area contributed by atoms with Crippen LogP contribution in [0, 0.1) is 5.92 Å². The van der Waals surface area contributed by atoms with E-state index in [2.05, 4.69) is 0 Å². The largest absolute Gasteiger partial charge is 0.414 e. The smallest absolute Gasteiger partial charge is 0.384 e. The molecule has 1 unspecified atom stereocenters. The van der Waals surface area contributed by atoms with Crippen LogP contribution in [0.5, 0.6) is 0 Å². The molecule has 0 radical (unpaired) electrons. The highest BCUT2D eigenvalue weighted by atomic mass is 19.4. The quantitative estimate of drug-likeness (QED) is 0.775. The Labute approximate surface area is 87.5 Å². The fraction of sp³-hybridized carbons (Fsp3) is 0.889. The van der Waals surface area contributed by atoms with Crippen LogP contribution in [-0.2, 0) is 4.79 Å². The summed E-state index contributed by atoms with van der Waals surface area (Å²) in [6.45, 7) is 4.62. The van der Waals surface area contributed by atoms with Gasteiger partial charge in [0.05, 0.1) is 0 Å². The summed E-state index contributed by atoms with van der Waals surface area (Å²) >= 11 is 0. The second kappa shape index (κ2) is 7.50. The minimum absolute atomic E-state index is 0.0926. The van der Waals surface area contributed by atoms with Gasteiger partial charge in [-0.2, -0.15) is 13.2 Å². The fourth-order valence-corrected chi connectivity index (χ4v) is 0.691. The van der Waals surface area contributed by atoms with Crippen LogP contribution in [0.25, 0.3) is 0 Å². The van der Waals surface area contributed by atoms with Crippen molar-refractivity contribution >= 4 is 5.91 Å². The van der Waals surface area contributed by atoms with E-state index in [0.717, 1.165) is 12.8 Å². The number of carbonyl (C=O) groups excluding carboxylic acids is 1. The summed E-state index contributed by atoms with van der Waals surface area (Å²) in [5.74, 6) is -0.0787. The molecule has 3 N–H and O–H groups in total. The SMILES string of the molecule is CC(O)C(F)(F)F.CCC(CC)C(N)=O. The van der Waals surface area contributed by atoms with Gasteiger partial charge >= 0.3 is 6.18 Å². The number of aliphatic hydroxyl groups is 1. The molecule has 15 heavy (non-hydrogen) atoms. The fourth-order valence-electron chi connectivity index (χ4n) is 0.691. The third-order valence-corrected chi connectivity index (χ3v) is 1.86. The van der Waals surface area contributed by atoms with E-state index < -0.39 is 12.3 Å². The van der Waals surface area contributed by atoms with Gasteiger partial charge in [-0.15, -0.1) is 0 Å². The Morgan fingerprint density at radius 1 is 1.33 bits per heavy atom. The van der Waals surface area contributed by atoms with E-state index in [1.807, 2.05) is 13.8 Å². The van der Waals surface area contributed by atoms with Crippen LogP contribution < -0.4 is 5.73 Å². The Hall–Kier alpha value is -0.780. The van der Waals surface area contributed by atoms with E-state index in [9.17, 15) is 18.0 Å². The van der Waals surface area contributed by atoms with Gasteiger partial charge in [0, 0.05) is 5.92 Å². The van der Waals surface area contributed by atoms with Crippen molar-refractivity contribution in [1.29, 1.82) is 0 Å². The lowest BCUT2D eigenvalue weighted by Crippen LogP contribution is -2.24. The highest BCUT2D eigenvalue weighted by Gasteiger charge is 2.33. The van der Waals surface area contributed by atoms with Crippen molar-refractivity contribution in [1.82, 2.24) is 0 Å². The van der Waals surface area contributed by atoms with Crippen molar-refractivity contribution in [3.05, 3.63) is 0 Å².